The smallest absolute Gasteiger partial charge is 0.220 e. The summed E-state index contributed by atoms with van der Waals surface area (Å²) in [6.07, 6.45) is 3.33. The molecule has 5 heteroatoms. The topological polar surface area (TPSA) is 48.5 Å². The minimum Gasteiger partial charge on any atom is -0.354 e. The van der Waals surface area contributed by atoms with Crippen molar-refractivity contribution in [1.82, 2.24) is 15.2 Å². The molecule has 1 saturated heterocycles. The number of hydrogen-bond acceptors (Lipinski definition) is 4. The lowest BCUT2D eigenvalue weighted by Crippen LogP contribution is -2.44. The Labute approximate surface area is 121 Å². The Bertz CT molecular complexity index is 424. The van der Waals surface area contributed by atoms with Gasteiger partial charge >= 0.3 is 0 Å². The van der Waals surface area contributed by atoms with Crippen molar-refractivity contribution in [2.45, 2.75) is 26.3 Å². The van der Waals surface area contributed by atoms with Crippen molar-refractivity contribution in [2.75, 3.05) is 38.1 Å². The molecular weight excluding hydrogens is 252 g/mol. The number of nitrogens with zero attached hydrogens (tertiary/aromatic N) is 3. The third kappa shape index (κ3) is 4.20. The number of carbonyl (C=O) groups is 1. The molecule has 1 N–H and O–H groups in total. The average Bonchev–Trinajstić information content (AvgIpc) is 2.47. The first kappa shape index (κ1) is 14.8. The van der Waals surface area contributed by atoms with E-state index in [9.17, 15) is 4.79 Å². The molecule has 0 aromatic carbocycles. The number of pyridine rings is 1. The molecule has 1 fully saturated rings. The fourth-order valence-electron chi connectivity index (χ4n) is 2.26. The zero-order valence-electron chi connectivity index (χ0n) is 12.4. The molecule has 1 aromatic rings. The van der Waals surface area contributed by atoms with Crippen molar-refractivity contribution in [3.63, 3.8) is 0 Å². The molecule has 0 radical (unpaired) electrons. The van der Waals surface area contributed by atoms with Crippen molar-refractivity contribution in [1.29, 1.82) is 0 Å². The number of carbonyl (C=O) groups excluding carboxylic acids is 1. The summed E-state index contributed by atoms with van der Waals surface area (Å²) in [6.45, 7) is 6.78. The van der Waals surface area contributed by atoms with E-state index in [1.807, 2.05) is 25.3 Å². The number of anilines is 1. The number of piperazine rings is 1. The van der Waals surface area contributed by atoms with Gasteiger partial charge in [0, 0.05) is 45.3 Å². The minimum atomic E-state index is 0.107. The van der Waals surface area contributed by atoms with Gasteiger partial charge in [0.15, 0.2) is 0 Å². The van der Waals surface area contributed by atoms with Crippen LogP contribution < -0.4 is 10.2 Å². The van der Waals surface area contributed by atoms with Crippen LogP contribution in [0.2, 0.25) is 0 Å². The summed E-state index contributed by atoms with van der Waals surface area (Å²) in [5, 5.41) is 2.91. The number of likely N-dealkylation sites (N-methyl/N-ethyl adjacent to an activating group) is 1. The van der Waals surface area contributed by atoms with Crippen LogP contribution in [0.5, 0.6) is 0 Å². The summed E-state index contributed by atoms with van der Waals surface area (Å²) in [5.41, 5.74) is 1.05. The molecule has 0 bridgehead atoms. The molecule has 0 atom stereocenters. The van der Waals surface area contributed by atoms with Crippen LogP contribution in [-0.4, -0.2) is 49.0 Å². The lowest BCUT2D eigenvalue weighted by molar-refractivity contribution is -0.121. The van der Waals surface area contributed by atoms with E-state index in [4.69, 9.17) is 0 Å². The zero-order valence-corrected chi connectivity index (χ0v) is 12.4. The predicted molar refractivity (Wildman–Crippen MR) is 80.7 cm³/mol. The third-order valence-electron chi connectivity index (χ3n) is 3.60. The second-order valence-electron chi connectivity index (χ2n) is 5.34. The highest BCUT2D eigenvalue weighted by molar-refractivity contribution is 5.75. The van der Waals surface area contributed by atoms with Gasteiger partial charge in [-0.15, -0.1) is 0 Å². The Morgan fingerprint density at radius 2 is 2.05 bits per heavy atom. The van der Waals surface area contributed by atoms with Crippen molar-refractivity contribution < 1.29 is 4.79 Å². The summed E-state index contributed by atoms with van der Waals surface area (Å²) < 4.78 is 0. The van der Waals surface area contributed by atoms with E-state index in [1.54, 1.807) is 0 Å². The minimum absolute atomic E-state index is 0.107. The van der Waals surface area contributed by atoms with Crippen molar-refractivity contribution in [3.8, 4) is 0 Å². The quantitative estimate of drug-likeness (QED) is 0.879. The first-order valence-corrected chi connectivity index (χ1v) is 7.34. The zero-order chi connectivity index (χ0) is 14.4. The lowest BCUT2D eigenvalue weighted by atomic mass is 10.2. The first-order valence-electron chi connectivity index (χ1n) is 7.34. The highest BCUT2D eigenvalue weighted by atomic mass is 16.1. The molecule has 2 heterocycles. The predicted octanol–water partition coefficient (Wildman–Crippen LogP) is 1.25. The van der Waals surface area contributed by atoms with E-state index in [0.717, 1.165) is 44.0 Å². The largest absolute Gasteiger partial charge is 0.354 e. The molecule has 20 heavy (non-hydrogen) atoms. The van der Waals surface area contributed by atoms with Gasteiger partial charge in [-0.3, -0.25) is 4.79 Å². The van der Waals surface area contributed by atoms with Crippen LogP contribution in [0.15, 0.2) is 18.3 Å². The molecule has 0 spiro atoms. The molecule has 1 amide bonds. The second kappa shape index (κ2) is 7.24. The van der Waals surface area contributed by atoms with Gasteiger partial charge in [0.1, 0.15) is 5.82 Å². The Hall–Kier alpha value is -1.62. The Kier molecular flexibility index (Phi) is 5.35. The highest BCUT2D eigenvalue weighted by Gasteiger charge is 2.14. The molecule has 2 rings (SSSR count). The maximum absolute atomic E-state index is 11.4. The van der Waals surface area contributed by atoms with Crippen LogP contribution in [0.25, 0.3) is 0 Å². The van der Waals surface area contributed by atoms with Gasteiger partial charge < -0.3 is 15.1 Å². The van der Waals surface area contributed by atoms with Crippen LogP contribution in [0.1, 0.15) is 25.3 Å². The number of hydrogen-bond donors (Lipinski definition) is 1. The number of aromatic nitrogens is 1. The van der Waals surface area contributed by atoms with Crippen molar-refractivity contribution >= 4 is 11.7 Å². The molecule has 0 aliphatic carbocycles. The van der Waals surface area contributed by atoms with E-state index >= 15 is 0 Å². The molecule has 1 aromatic heterocycles. The number of nitrogens with one attached hydrogen (secondary N) is 1. The highest BCUT2D eigenvalue weighted by Crippen LogP contribution is 2.13. The van der Waals surface area contributed by atoms with E-state index < -0.39 is 0 Å². The van der Waals surface area contributed by atoms with E-state index in [0.29, 0.717) is 13.0 Å². The van der Waals surface area contributed by atoms with Crippen LogP contribution in [0.3, 0.4) is 0 Å². The van der Waals surface area contributed by atoms with E-state index in [1.165, 1.54) is 0 Å². The molecule has 1 aliphatic heterocycles. The molecule has 5 nitrogen and oxygen atoms in total. The fraction of sp³-hybridized carbons (Fsp3) is 0.600. The summed E-state index contributed by atoms with van der Waals surface area (Å²) >= 11 is 0. The molecule has 0 unspecified atom stereocenters. The van der Waals surface area contributed by atoms with Crippen molar-refractivity contribution in [2.24, 2.45) is 0 Å². The van der Waals surface area contributed by atoms with Gasteiger partial charge in [-0.1, -0.05) is 13.0 Å². The van der Waals surface area contributed by atoms with Gasteiger partial charge in [0.2, 0.25) is 5.91 Å². The van der Waals surface area contributed by atoms with Crippen LogP contribution in [-0.2, 0) is 11.3 Å². The SMILES string of the molecule is CCCC(=O)NCc1ccc(N2CCN(C)CC2)nc1. The maximum Gasteiger partial charge on any atom is 0.220 e. The third-order valence-corrected chi connectivity index (χ3v) is 3.60. The van der Waals surface area contributed by atoms with E-state index in [2.05, 4.69) is 27.1 Å². The van der Waals surface area contributed by atoms with Gasteiger partial charge in [-0.2, -0.15) is 0 Å². The first-order chi connectivity index (χ1) is 9.69. The molecule has 110 valence electrons. The Morgan fingerprint density at radius 1 is 1.30 bits per heavy atom. The summed E-state index contributed by atoms with van der Waals surface area (Å²) in [4.78, 5) is 20.6. The van der Waals surface area contributed by atoms with Gasteiger partial charge in [-0.25, -0.2) is 4.98 Å². The van der Waals surface area contributed by atoms with Crippen LogP contribution in [0.4, 0.5) is 5.82 Å². The monoisotopic (exact) mass is 276 g/mol. The Morgan fingerprint density at radius 3 is 2.65 bits per heavy atom. The summed E-state index contributed by atoms with van der Waals surface area (Å²) in [6, 6.07) is 4.10. The molecular formula is C15H24N4O. The van der Waals surface area contributed by atoms with Gasteiger partial charge in [0.25, 0.3) is 0 Å². The Balaban J connectivity index is 1.85. The molecule has 1 aliphatic rings. The van der Waals surface area contributed by atoms with Crippen molar-refractivity contribution in [3.05, 3.63) is 23.9 Å². The summed E-state index contributed by atoms with van der Waals surface area (Å²) in [5.74, 6) is 1.14. The van der Waals surface area contributed by atoms with E-state index in [-0.39, 0.29) is 5.91 Å². The van der Waals surface area contributed by atoms with Crippen LogP contribution in [0, 0.1) is 0 Å². The van der Waals surface area contributed by atoms with Crippen LogP contribution >= 0.6 is 0 Å². The normalized spacial score (nSPS) is 16.2. The average molecular weight is 276 g/mol. The number of rotatable bonds is 5. The lowest BCUT2D eigenvalue weighted by Gasteiger charge is -2.33. The van der Waals surface area contributed by atoms with Gasteiger partial charge in [0.05, 0.1) is 0 Å². The number of amides is 1. The summed E-state index contributed by atoms with van der Waals surface area (Å²) in [7, 11) is 2.15. The maximum atomic E-state index is 11.4. The fourth-order valence-corrected chi connectivity index (χ4v) is 2.26. The molecule has 0 saturated carbocycles. The second-order valence-corrected chi connectivity index (χ2v) is 5.34. The van der Waals surface area contributed by atoms with Gasteiger partial charge in [-0.05, 0) is 25.1 Å². The standard InChI is InChI=1S/C15H24N4O/c1-3-4-15(20)17-12-13-5-6-14(16-11-13)19-9-7-18(2)8-10-19/h5-6,11H,3-4,7-10,12H2,1-2H3,(H,17,20).